The molecule has 164 valence electrons. The Labute approximate surface area is 192 Å². The quantitative estimate of drug-likeness (QED) is 0.379. The third-order valence-corrected chi connectivity index (χ3v) is 6.17. The number of hydrogen-bond acceptors (Lipinski definition) is 5. The van der Waals surface area contributed by atoms with Crippen molar-refractivity contribution < 1.29 is 4.79 Å². The van der Waals surface area contributed by atoms with Gasteiger partial charge in [-0.3, -0.25) is 9.78 Å². The molecule has 1 aromatic carbocycles. The first-order chi connectivity index (χ1) is 15.5. The molecular formula is C25H27N5OS. The number of carbonyl (C=O) groups excluding carboxylic acids is 1. The smallest absolute Gasteiger partial charge is 0.254 e. The Bertz CT molecular complexity index is 1180. The molecule has 1 N–H and O–H groups in total. The summed E-state index contributed by atoms with van der Waals surface area (Å²) in [4.78, 5) is 21.6. The van der Waals surface area contributed by atoms with Gasteiger partial charge in [0.2, 0.25) is 0 Å². The van der Waals surface area contributed by atoms with Gasteiger partial charge in [-0.25, -0.2) is 9.67 Å². The van der Waals surface area contributed by atoms with Crippen LogP contribution in [0.5, 0.6) is 0 Å². The summed E-state index contributed by atoms with van der Waals surface area (Å²) in [6, 6.07) is 12.1. The molecule has 0 unspecified atom stereocenters. The van der Waals surface area contributed by atoms with E-state index in [0.717, 1.165) is 40.5 Å². The van der Waals surface area contributed by atoms with E-state index in [2.05, 4.69) is 53.7 Å². The maximum atomic E-state index is 12.9. The van der Waals surface area contributed by atoms with E-state index in [-0.39, 0.29) is 11.8 Å². The molecule has 1 amide bonds. The molecule has 0 aliphatic rings. The average Bonchev–Trinajstić information content (AvgIpc) is 3.45. The van der Waals surface area contributed by atoms with Crippen LogP contribution in [0.25, 0.3) is 16.9 Å². The number of nitrogens with one attached hydrogen (secondary N) is 1. The highest BCUT2D eigenvalue weighted by molar-refractivity contribution is 7.09. The predicted octanol–water partition coefficient (Wildman–Crippen LogP) is 5.19. The van der Waals surface area contributed by atoms with Crippen molar-refractivity contribution in [2.45, 2.75) is 39.5 Å². The van der Waals surface area contributed by atoms with Crippen molar-refractivity contribution in [3.63, 3.8) is 0 Å². The van der Waals surface area contributed by atoms with Gasteiger partial charge in [0, 0.05) is 36.3 Å². The van der Waals surface area contributed by atoms with Gasteiger partial charge in [-0.05, 0) is 43.5 Å². The zero-order chi connectivity index (χ0) is 22.5. The van der Waals surface area contributed by atoms with Crippen LogP contribution in [0.4, 0.5) is 0 Å². The molecule has 0 radical (unpaired) electrons. The van der Waals surface area contributed by atoms with E-state index in [1.807, 2.05) is 28.9 Å². The standard InChI is InChI=1S/C25H27N5OS/c1-17(2)24-21(15-28-30(24)20-8-6-18(3)7-9-20)25(31)27-12-4-5-23-29-22(16-32-23)19-10-13-26-14-11-19/h6-11,13-17H,4-5,12H2,1-3H3,(H,27,31). The number of pyridine rings is 1. The zero-order valence-electron chi connectivity index (χ0n) is 18.6. The summed E-state index contributed by atoms with van der Waals surface area (Å²) in [7, 11) is 0. The molecule has 0 saturated heterocycles. The maximum Gasteiger partial charge on any atom is 0.254 e. The molecule has 0 aliphatic heterocycles. The second-order valence-electron chi connectivity index (χ2n) is 8.07. The summed E-state index contributed by atoms with van der Waals surface area (Å²) in [5.74, 6) is 0.0881. The molecule has 0 saturated carbocycles. The van der Waals surface area contributed by atoms with Crippen molar-refractivity contribution in [2.24, 2.45) is 0 Å². The molecule has 3 heterocycles. The lowest BCUT2D eigenvalue weighted by Gasteiger charge is -2.13. The molecule has 0 atom stereocenters. The fourth-order valence-corrected chi connectivity index (χ4v) is 4.45. The van der Waals surface area contributed by atoms with E-state index < -0.39 is 0 Å². The molecule has 32 heavy (non-hydrogen) atoms. The normalized spacial score (nSPS) is 11.1. The summed E-state index contributed by atoms with van der Waals surface area (Å²) in [5, 5.41) is 10.7. The first-order valence-corrected chi connectivity index (χ1v) is 11.7. The lowest BCUT2D eigenvalue weighted by molar-refractivity contribution is 0.0952. The lowest BCUT2D eigenvalue weighted by atomic mass is 10.0. The average molecular weight is 446 g/mol. The number of rotatable bonds is 8. The van der Waals surface area contributed by atoms with Gasteiger partial charge in [-0.15, -0.1) is 11.3 Å². The number of aromatic nitrogens is 4. The number of carbonyl (C=O) groups is 1. The zero-order valence-corrected chi connectivity index (χ0v) is 19.4. The minimum atomic E-state index is -0.0799. The Balaban J connectivity index is 1.36. The largest absolute Gasteiger partial charge is 0.352 e. The highest BCUT2D eigenvalue weighted by atomic mass is 32.1. The predicted molar refractivity (Wildman–Crippen MR) is 128 cm³/mol. The SMILES string of the molecule is Cc1ccc(-n2ncc(C(=O)NCCCc3nc(-c4ccncc4)cs3)c2C(C)C)cc1. The number of aryl methyl sites for hydroxylation is 2. The third-order valence-electron chi connectivity index (χ3n) is 5.26. The van der Waals surface area contributed by atoms with Crippen molar-refractivity contribution in [1.82, 2.24) is 25.1 Å². The Hall–Kier alpha value is -3.32. The number of nitrogens with zero attached hydrogens (tertiary/aromatic N) is 4. The highest BCUT2D eigenvalue weighted by Crippen LogP contribution is 2.24. The molecule has 6 nitrogen and oxygen atoms in total. The van der Waals surface area contributed by atoms with Gasteiger partial charge in [0.1, 0.15) is 0 Å². The van der Waals surface area contributed by atoms with Gasteiger partial charge >= 0.3 is 0 Å². The highest BCUT2D eigenvalue weighted by Gasteiger charge is 2.20. The molecule has 3 aromatic heterocycles. The third kappa shape index (κ3) is 4.94. The Morgan fingerprint density at radius 2 is 1.88 bits per heavy atom. The molecular weight excluding hydrogens is 418 g/mol. The van der Waals surface area contributed by atoms with Gasteiger partial charge in [-0.2, -0.15) is 5.10 Å². The number of thiazole rings is 1. The fraction of sp³-hybridized carbons (Fsp3) is 0.280. The summed E-state index contributed by atoms with van der Waals surface area (Å²) in [5.41, 5.74) is 5.76. The number of hydrogen-bond donors (Lipinski definition) is 1. The molecule has 0 bridgehead atoms. The van der Waals surface area contributed by atoms with Crippen LogP contribution in [0.3, 0.4) is 0 Å². The molecule has 4 rings (SSSR count). The first-order valence-electron chi connectivity index (χ1n) is 10.8. The van der Waals surface area contributed by atoms with Crippen molar-refractivity contribution in [1.29, 1.82) is 0 Å². The van der Waals surface area contributed by atoms with Crippen LogP contribution < -0.4 is 5.32 Å². The summed E-state index contributed by atoms with van der Waals surface area (Å²) >= 11 is 1.65. The van der Waals surface area contributed by atoms with Crippen LogP contribution >= 0.6 is 11.3 Å². The van der Waals surface area contributed by atoms with Crippen LogP contribution in [0.1, 0.15) is 52.8 Å². The summed E-state index contributed by atoms with van der Waals surface area (Å²) in [6.45, 7) is 6.82. The Morgan fingerprint density at radius 3 is 2.59 bits per heavy atom. The van der Waals surface area contributed by atoms with Crippen molar-refractivity contribution in [3.05, 3.63) is 82.2 Å². The first kappa shape index (κ1) is 21.9. The minimum Gasteiger partial charge on any atom is -0.352 e. The van der Waals surface area contributed by atoms with E-state index in [9.17, 15) is 4.79 Å². The Morgan fingerprint density at radius 1 is 1.12 bits per heavy atom. The van der Waals surface area contributed by atoms with E-state index >= 15 is 0 Å². The maximum absolute atomic E-state index is 12.9. The molecule has 0 aliphatic carbocycles. The van der Waals surface area contributed by atoms with Gasteiger partial charge in [0.05, 0.1) is 33.8 Å². The number of benzene rings is 1. The minimum absolute atomic E-state index is 0.0799. The fourth-order valence-electron chi connectivity index (χ4n) is 3.60. The van der Waals surface area contributed by atoms with E-state index in [1.165, 1.54) is 5.56 Å². The molecule has 4 aromatic rings. The molecule has 0 spiro atoms. The monoisotopic (exact) mass is 445 g/mol. The second kappa shape index (κ2) is 9.87. The van der Waals surface area contributed by atoms with Gasteiger partial charge in [-0.1, -0.05) is 31.5 Å². The van der Waals surface area contributed by atoms with E-state index in [4.69, 9.17) is 4.98 Å². The van der Waals surface area contributed by atoms with E-state index in [0.29, 0.717) is 12.1 Å². The van der Waals surface area contributed by atoms with E-state index in [1.54, 1.807) is 29.9 Å². The second-order valence-corrected chi connectivity index (χ2v) is 9.01. The van der Waals surface area contributed by atoms with Crippen molar-refractivity contribution in [2.75, 3.05) is 6.54 Å². The summed E-state index contributed by atoms with van der Waals surface area (Å²) < 4.78 is 1.87. The number of amides is 1. The Kier molecular flexibility index (Phi) is 6.75. The lowest BCUT2D eigenvalue weighted by Crippen LogP contribution is -2.26. The van der Waals surface area contributed by atoms with Crippen molar-refractivity contribution >= 4 is 17.2 Å². The van der Waals surface area contributed by atoms with Gasteiger partial charge in [0.25, 0.3) is 5.91 Å². The van der Waals surface area contributed by atoms with Crippen LogP contribution in [0, 0.1) is 6.92 Å². The van der Waals surface area contributed by atoms with Gasteiger partial charge < -0.3 is 5.32 Å². The van der Waals surface area contributed by atoms with Crippen molar-refractivity contribution in [3.8, 4) is 16.9 Å². The van der Waals surface area contributed by atoms with Gasteiger partial charge in [0.15, 0.2) is 0 Å². The van der Waals surface area contributed by atoms with Crippen LogP contribution in [0.2, 0.25) is 0 Å². The van der Waals surface area contributed by atoms with Crippen LogP contribution in [-0.2, 0) is 6.42 Å². The van der Waals surface area contributed by atoms with Crippen LogP contribution in [-0.4, -0.2) is 32.2 Å². The topological polar surface area (TPSA) is 72.7 Å². The molecule has 7 heteroatoms. The van der Waals surface area contributed by atoms with Crippen LogP contribution in [0.15, 0.2) is 60.4 Å². The molecule has 0 fully saturated rings. The summed E-state index contributed by atoms with van der Waals surface area (Å²) in [6.07, 6.45) is 6.88.